The Morgan fingerprint density at radius 3 is 2.55 bits per heavy atom. The van der Waals surface area contributed by atoms with Gasteiger partial charge in [-0.15, -0.1) is 0 Å². The maximum Gasteiger partial charge on any atom is 0.308 e. The van der Waals surface area contributed by atoms with Crippen molar-refractivity contribution in [2.24, 2.45) is 5.18 Å². The van der Waals surface area contributed by atoms with E-state index in [0.717, 1.165) is 9.79 Å². The van der Waals surface area contributed by atoms with Gasteiger partial charge in [0.1, 0.15) is 12.3 Å². The number of carbonyl (C=O) groups excluding carboxylic acids is 1. The minimum absolute atomic E-state index is 0.0150. The second-order valence-corrected chi connectivity index (χ2v) is 5.21. The Bertz CT molecular complexity index is 614. The highest BCUT2D eigenvalue weighted by atomic mass is 32.2. The maximum atomic E-state index is 11.1. The standard InChI is InChI=1S/C15H13NO3S/c1-11(17)19-15-9-14(8-7-12(15)10-16-18)20-13-5-3-2-4-6-13/h2-9H,10H2,1H3. The van der Waals surface area contributed by atoms with E-state index in [4.69, 9.17) is 4.74 Å². The molecule has 0 radical (unpaired) electrons. The lowest BCUT2D eigenvalue weighted by Crippen LogP contribution is -2.03. The van der Waals surface area contributed by atoms with Gasteiger partial charge >= 0.3 is 5.97 Å². The van der Waals surface area contributed by atoms with Crippen LogP contribution in [0.25, 0.3) is 0 Å². The summed E-state index contributed by atoms with van der Waals surface area (Å²) >= 11 is 1.56. The fourth-order valence-electron chi connectivity index (χ4n) is 1.67. The fraction of sp³-hybridized carbons (Fsp3) is 0.133. The molecular weight excluding hydrogens is 274 g/mol. The van der Waals surface area contributed by atoms with Crippen LogP contribution in [0.3, 0.4) is 0 Å². The smallest absolute Gasteiger partial charge is 0.308 e. The summed E-state index contributed by atoms with van der Waals surface area (Å²) in [5, 5.41) is 2.84. The summed E-state index contributed by atoms with van der Waals surface area (Å²) in [7, 11) is 0. The van der Waals surface area contributed by atoms with Crippen LogP contribution >= 0.6 is 11.8 Å². The van der Waals surface area contributed by atoms with Gasteiger partial charge in [0.05, 0.1) is 0 Å². The third-order valence-corrected chi connectivity index (χ3v) is 3.50. The van der Waals surface area contributed by atoms with E-state index in [1.165, 1.54) is 6.92 Å². The van der Waals surface area contributed by atoms with Crippen LogP contribution in [0.15, 0.2) is 63.5 Å². The van der Waals surface area contributed by atoms with Crippen LogP contribution in [-0.2, 0) is 11.3 Å². The average molecular weight is 287 g/mol. The minimum atomic E-state index is -0.418. The monoisotopic (exact) mass is 287 g/mol. The van der Waals surface area contributed by atoms with Crippen molar-refractivity contribution in [3.05, 3.63) is 59.0 Å². The second kappa shape index (κ2) is 6.86. The van der Waals surface area contributed by atoms with Crippen molar-refractivity contribution in [3.63, 3.8) is 0 Å². The molecule has 0 spiro atoms. The van der Waals surface area contributed by atoms with Gasteiger partial charge in [-0.25, -0.2) is 0 Å². The lowest BCUT2D eigenvalue weighted by atomic mass is 10.2. The molecule has 20 heavy (non-hydrogen) atoms. The number of carbonyl (C=O) groups is 1. The molecule has 2 aromatic rings. The van der Waals surface area contributed by atoms with E-state index >= 15 is 0 Å². The van der Waals surface area contributed by atoms with E-state index < -0.39 is 5.97 Å². The molecular formula is C15H13NO3S. The Kier molecular flexibility index (Phi) is 4.90. The van der Waals surface area contributed by atoms with Gasteiger partial charge in [0, 0.05) is 22.3 Å². The number of esters is 1. The van der Waals surface area contributed by atoms with Crippen molar-refractivity contribution in [1.82, 2.24) is 0 Å². The summed E-state index contributed by atoms with van der Waals surface area (Å²) < 4.78 is 5.13. The molecule has 0 aliphatic heterocycles. The zero-order chi connectivity index (χ0) is 14.4. The van der Waals surface area contributed by atoms with Crippen molar-refractivity contribution >= 4 is 17.7 Å². The molecule has 0 bridgehead atoms. The molecule has 5 heteroatoms. The molecule has 102 valence electrons. The maximum absolute atomic E-state index is 11.1. The van der Waals surface area contributed by atoms with Gasteiger partial charge in [-0.3, -0.25) is 4.79 Å². The lowest BCUT2D eigenvalue weighted by molar-refractivity contribution is -0.131. The van der Waals surface area contributed by atoms with Crippen molar-refractivity contribution in [2.45, 2.75) is 23.3 Å². The van der Waals surface area contributed by atoms with Crippen molar-refractivity contribution < 1.29 is 9.53 Å². The molecule has 0 N–H and O–H groups in total. The molecule has 2 rings (SSSR count). The summed E-state index contributed by atoms with van der Waals surface area (Å²) in [5.41, 5.74) is 0.604. The van der Waals surface area contributed by atoms with Gasteiger partial charge in [0.15, 0.2) is 0 Å². The molecule has 2 aromatic carbocycles. The van der Waals surface area contributed by atoms with Crippen LogP contribution in [0.4, 0.5) is 0 Å². The normalized spacial score (nSPS) is 10.1. The van der Waals surface area contributed by atoms with Crippen LogP contribution in [-0.4, -0.2) is 5.97 Å². The zero-order valence-electron chi connectivity index (χ0n) is 10.9. The van der Waals surface area contributed by atoms with E-state index in [0.29, 0.717) is 11.3 Å². The van der Waals surface area contributed by atoms with Crippen LogP contribution in [0.5, 0.6) is 5.75 Å². The number of hydrogen-bond donors (Lipinski definition) is 0. The lowest BCUT2D eigenvalue weighted by Gasteiger charge is -2.09. The molecule has 0 heterocycles. The molecule has 0 aliphatic rings. The summed E-state index contributed by atoms with van der Waals surface area (Å²) in [5.74, 6) is -0.0305. The van der Waals surface area contributed by atoms with E-state index in [1.54, 1.807) is 23.9 Å². The Labute approximate surface area is 121 Å². The van der Waals surface area contributed by atoms with Crippen LogP contribution in [0.2, 0.25) is 0 Å². The topological polar surface area (TPSA) is 55.7 Å². The number of ether oxygens (including phenoxy) is 1. The summed E-state index contributed by atoms with van der Waals surface area (Å²) in [4.78, 5) is 23.5. The van der Waals surface area contributed by atoms with Gasteiger partial charge in [-0.2, -0.15) is 4.91 Å². The second-order valence-electron chi connectivity index (χ2n) is 4.07. The summed E-state index contributed by atoms with van der Waals surface area (Å²) in [6.07, 6.45) is 0. The van der Waals surface area contributed by atoms with E-state index in [2.05, 4.69) is 5.18 Å². The van der Waals surface area contributed by atoms with Gasteiger partial charge in [0.2, 0.25) is 0 Å². The highest BCUT2D eigenvalue weighted by Gasteiger charge is 2.09. The van der Waals surface area contributed by atoms with Crippen LogP contribution in [0.1, 0.15) is 12.5 Å². The first-order valence-corrected chi connectivity index (χ1v) is 6.84. The van der Waals surface area contributed by atoms with Gasteiger partial charge < -0.3 is 4.74 Å². The molecule has 0 amide bonds. The van der Waals surface area contributed by atoms with Gasteiger partial charge in [-0.05, 0) is 24.3 Å². The molecule has 0 saturated heterocycles. The summed E-state index contributed by atoms with van der Waals surface area (Å²) in [6.45, 7) is 1.31. The highest BCUT2D eigenvalue weighted by Crippen LogP contribution is 2.32. The molecule has 4 nitrogen and oxygen atoms in total. The Hall–Kier alpha value is -2.14. The van der Waals surface area contributed by atoms with Gasteiger partial charge in [0.25, 0.3) is 0 Å². The van der Waals surface area contributed by atoms with Crippen molar-refractivity contribution in [3.8, 4) is 5.75 Å². The molecule has 0 aliphatic carbocycles. The predicted octanol–water partition coefficient (Wildman–Crippen LogP) is 4.03. The predicted molar refractivity (Wildman–Crippen MR) is 77.8 cm³/mol. The minimum Gasteiger partial charge on any atom is -0.426 e. The van der Waals surface area contributed by atoms with E-state index in [9.17, 15) is 9.70 Å². The number of nitroso groups, excluding NO2 is 1. The van der Waals surface area contributed by atoms with Crippen molar-refractivity contribution in [1.29, 1.82) is 0 Å². The number of nitrogens with zero attached hydrogens (tertiary/aromatic N) is 1. The third-order valence-electron chi connectivity index (χ3n) is 2.51. The van der Waals surface area contributed by atoms with Crippen LogP contribution in [0, 0.1) is 4.91 Å². The Balaban J connectivity index is 2.26. The quantitative estimate of drug-likeness (QED) is 0.473. The SMILES string of the molecule is CC(=O)Oc1cc(Sc2ccccc2)ccc1CN=O. The summed E-state index contributed by atoms with van der Waals surface area (Å²) in [6, 6.07) is 15.2. The van der Waals surface area contributed by atoms with E-state index in [1.807, 2.05) is 36.4 Å². The molecule has 0 unspecified atom stereocenters. The largest absolute Gasteiger partial charge is 0.426 e. The molecule has 0 saturated carbocycles. The third kappa shape index (κ3) is 3.93. The number of benzene rings is 2. The Morgan fingerprint density at radius 2 is 1.90 bits per heavy atom. The number of rotatable bonds is 5. The zero-order valence-corrected chi connectivity index (χ0v) is 11.7. The van der Waals surface area contributed by atoms with Crippen molar-refractivity contribution in [2.75, 3.05) is 0 Å². The van der Waals surface area contributed by atoms with Gasteiger partial charge in [-0.1, -0.05) is 41.2 Å². The molecule has 0 fully saturated rings. The first-order chi connectivity index (χ1) is 9.69. The number of hydrogen-bond acceptors (Lipinski definition) is 5. The molecule has 0 atom stereocenters. The molecule has 0 aromatic heterocycles. The average Bonchev–Trinajstić information content (AvgIpc) is 2.42. The highest BCUT2D eigenvalue weighted by molar-refractivity contribution is 7.99. The van der Waals surface area contributed by atoms with E-state index in [-0.39, 0.29) is 6.54 Å². The fourth-order valence-corrected chi connectivity index (χ4v) is 2.54. The van der Waals surface area contributed by atoms with Crippen LogP contribution < -0.4 is 4.74 Å². The Morgan fingerprint density at radius 1 is 1.15 bits per heavy atom. The first kappa shape index (κ1) is 14.3. The first-order valence-electron chi connectivity index (χ1n) is 6.02.